The average Bonchev–Trinajstić information content (AvgIpc) is 2.65. The van der Waals surface area contributed by atoms with Crippen LogP contribution >= 0.6 is 11.6 Å². The van der Waals surface area contributed by atoms with Gasteiger partial charge in [-0.1, -0.05) is 11.6 Å². The Hall–Kier alpha value is -1.81. The summed E-state index contributed by atoms with van der Waals surface area (Å²) in [6.45, 7) is 5.38. The van der Waals surface area contributed by atoms with E-state index in [1.54, 1.807) is 23.7 Å². The van der Waals surface area contributed by atoms with Gasteiger partial charge in [-0.3, -0.25) is 4.79 Å². The summed E-state index contributed by atoms with van der Waals surface area (Å²) in [6.07, 6.45) is 0. The summed E-state index contributed by atoms with van der Waals surface area (Å²) < 4.78 is 1.75. The molecule has 1 N–H and O–H groups in total. The van der Waals surface area contributed by atoms with Crippen molar-refractivity contribution in [1.29, 1.82) is 0 Å². The van der Waals surface area contributed by atoms with Crippen molar-refractivity contribution in [2.45, 2.75) is 26.7 Å². The van der Waals surface area contributed by atoms with E-state index in [0.29, 0.717) is 5.02 Å². The normalized spacial score (nSPS) is 12.4. The molecule has 5 heteroatoms. The summed E-state index contributed by atoms with van der Waals surface area (Å²) in [5, 5.41) is 14.2. The number of carboxylic acid groups (broad SMARTS) is 1. The zero-order valence-electron chi connectivity index (χ0n) is 11.0. The van der Waals surface area contributed by atoms with Crippen LogP contribution in [0, 0.1) is 13.8 Å². The van der Waals surface area contributed by atoms with Gasteiger partial charge in [0, 0.05) is 16.3 Å². The second kappa shape index (κ2) is 5.05. The highest BCUT2D eigenvalue weighted by Crippen LogP contribution is 2.26. The zero-order chi connectivity index (χ0) is 14.2. The lowest BCUT2D eigenvalue weighted by Crippen LogP contribution is -2.09. The van der Waals surface area contributed by atoms with Crippen molar-refractivity contribution < 1.29 is 9.90 Å². The van der Waals surface area contributed by atoms with E-state index in [9.17, 15) is 4.79 Å². The predicted molar refractivity (Wildman–Crippen MR) is 74.1 cm³/mol. The molecule has 100 valence electrons. The number of aromatic nitrogens is 2. The van der Waals surface area contributed by atoms with E-state index in [4.69, 9.17) is 16.7 Å². The smallest absolute Gasteiger partial charge is 0.310 e. The van der Waals surface area contributed by atoms with Crippen molar-refractivity contribution in [3.63, 3.8) is 0 Å². The fourth-order valence-corrected chi connectivity index (χ4v) is 2.36. The molecule has 0 fully saturated rings. The number of carboxylic acids is 1. The summed E-state index contributed by atoms with van der Waals surface area (Å²) >= 11 is 5.86. The first-order valence-electron chi connectivity index (χ1n) is 5.96. The minimum absolute atomic E-state index is 0.568. The number of hydrogen-bond acceptors (Lipinski definition) is 2. The highest BCUT2D eigenvalue weighted by molar-refractivity contribution is 6.30. The Morgan fingerprint density at radius 3 is 2.42 bits per heavy atom. The van der Waals surface area contributed by atoms with Crippen molar-refractivity contribution >= 4 is 17.6 Å². The van der Waals surface area contributed by atoms with Gasteiger partial charge in [0.15, 0.2) is 0 Å². The monoisotopic (exact) mass is 278 g/mol. The van der Waals surface area contributed by atoms with E-state index in [-0.39, 0.29) is 0 Å². The molecule has 1 aromatic heterocycles. The van der Waals surface area contributed by atoms with Crippen molar-refractivity contribution in [3.8, 4) is 5.69 Å². The molecule has 4 nitrogen and oxygen atoms in total. The van der Waals surface area contributed by atoms with Crippen LogP contribution in [0.2, 0.25) is 5.02 Å². The van der Waals surface area contributed by atoms with E-state index < -0.39 is 11.9 Å². The van der Waals surface area contributed by atoms with Crippen LogP contribution in [0.25, 0.3) is 5.69 Å². The maximum absolute atomic E-state index is 11.1. The van der Waals surface area contributed by atoms with Gasteiger partial charge in [-0.2, -0.15) is 5.10 Å². The molecule has 19 heavy (non-hydrogen) atoms. The molecule has 0 saturated heterocycles. The van der Waals surface area contributed by atoms with E-state index in [2.05, 4.69) is 5.10 Å². The van der Waals surface area contributed by atoms with Gasteiger partial charge in [0.2, 0.25) is 0 Å². The molecule has 0 radical (unpaired) electrons. The third-order valence-electron chi connectivity index (χ3n) is 3.22. The van der Waals surface area contributed by atoms with E-state index in [1.807, 2.05) is 26.0 Å². The van der Waals surface area contributed by atoms with Crippen molar-refractivity contribution in [2.24, 2.45) is 0 Å². The Morgan fingerprint density at radius 1 is 1.32 bits per heavy atom. The summed E-state index contributed by atoms with van der Waals surface area (Å²) in [4.78, 5) is 11.1. The first-order chi connectivity index (χ1) is 8.91. The fourth-order valence-electron chi connectivity index (χ4n) is 2.24. The van der Waals surface area contributed by atoms with Gasteiger partial charge < -0.3 is 5.11 Å². The number of rotatable bonds is 3. The fraction of sp³-hybridized carbons (Fsp3) is 0.286. The van der Waals surface area contributed by atoms with Crippen LogP contribution in [-0.4, -0.2) is 20.9 Å². The first-order valence-corrected chi connectivity index (χ1v) is 6.34. The van der Waals surface area contributed by atoms with Crippen molar-refractivity contribution in [2.75, 3.05) is 0 Å². The molecule has 0 aliphatic carbocycles. The van der Waals surface area contributed by atoms with Gasteiger partial charge in [-0.25, -0.2) is 4.68 Å². The highest BCUT2D eigenvalue weighted by Gasteiger charge is 2.23. The lowest BCUT2D eigenvalue weighted by molar-refractivity contribution is -0.138. The minimum Gasteiger partial charge on any atom is -0.481 e. The van der Waals surface area contributed by atoms with Gasteiger partial charge in [-0.15, -0.1) is 0 Å². The molecule has 0 aliphatic heterocycles. The number of carbonyl (C=O) groups is 1. The topological polar surface area (TPSA) is 55.1 Å². The number of hydrogen-bond donors (Lipinski definition) is 1. The Balaban J connectivity index is 2.52. The number of aryl methyl sites for hydroxylation is 1. The third-order valence-corrected chi connectivity index (χ3v) is 3.47. The molecule has 1 atom stereocenters. The average molecular weight is 279 g/mol. The number of halogens is 1. The molecule has 0 saturated carbocycles. The van der Waals surface area contributed by atoms with Crippen molar-refractivity contribution in [1.82, 2.24) is 9.78 Å². The largest absolute Gasteiger partial charge is 0.481 e. The number of aliphatic carboxylic acids is 1. The van der Waals surface area contributed by atoms with Gasteiger partial charge in [0.05, 0.1) is 17.3 Å². The Kier molecular flexibility index (Phi) is 3.62. The summed E-state index contributed by atoms with van der Waals surface area (Å²) in [6, 6.07) is 7.29. The standard InChI is InChI=1S/C14H15ClN2O2/c1-8(14(18)19)13-9(2)16-17(10(13)3)12-6-4-11(15)5-7-12/h4-8H,1-3H3,(H,18,19). The molecule has 0 amide bonds. The molecule has 0 aliphatic rings. The van der Waals surface area contributed by atoms with Crippen LogP contribution in [0.1, 0.15) is 29.8 Å². The molecular weight excluding hydrogens is 264 g/mol. The van der Waals surface area contributed by atoms with Crippen LogP contribution in [-0.2, 0) is 4.79 Å². The summed E-state index contributed by atoms with van der Waals surface area (Å²) in [5.74, 6) is -1.41. The predicted octanol–water partition coefficient (Wildman–Crippen LogP) is 3.33. The molecule has 0 bridgehead atoms. The van der Waals surface area contributed by atoms with Crippen LogP contribution in [0.3, 0.4) is 0 Å². The SMILES string of the molecule is Cc1nn(-c2ccc(Cl)cc2)c(C)c1C(C)C(=O)O. The van der Waals surface area contributed by atoms with E-state index in [1.165, 1.54) is 0 Å². The quantitative estimate of drug-likeness (QED) is 0.937. The highest BCUT2D eigenvalue weighted by atomic mass is 35.5. The molecule has 1 aromatic carbocycles. The Bertz CT molecular complexity index is 617. The molecule has 0 spiro atoms. The van der Waals surface area contributed by atoms with Crippen molar-refractivity contribution in [3.05, 3.63) is 46.2 Å². The van der Waals surface area contributed by atoms with Gasteiger partial charge >= 0.3 is 5.97 Å². The first kappa shape index (κ1) is 13.6. The van der Waals surface area contributed by atoms with Gasteiger partial charge in [0.1, 0.15) is 0 Å². The Labute approximate surface area is 116 Å². The molecule has 1 unspecified atom stereocenters. The van der Waals surface area contributed by atoms with Crippen LogP contribution in [0.5, 0.6) is 0 Å². The second-order valence-electron chi connectivity index (χ2n) is 4.53. The van der Waals surface area contributed by atoms with E-state index in [0.717, 1.165) is 22.6 Å². The number of nitrogens with zero attached hydrogens (tertiary/aromatic N) is 2. The molecule has 2 aromatic rings. The van der Waals surface area contributed by atoms with E-state index >= 15 is 0 Å². The third kappa shape index (κ3) is 2.49. The molecule has 1 heterocycles. The zero-order valence-corrected chi connectivity index (χ0v) is 11.8. The maximum atomic E-state index is 11.1. The lowest BCUT2D eigenvalue weighted by atomic mass is 9.99. The summed E-state index contributed by atoms with van der Waals surface area (Å²) in [5.41, 5.74) is 3.22. The molecule has 2 rings (SSSR count). The second-order valence-corrected chi connectivity index (χ2v) is 4.97. The summed E-state index contributed by atoms with van der Waals surface area (Å²) in [7, 11) is 0. The van der Waals surface area contributed by atoms with Crippen LogP contribution < -0.4 is 0 Å². The van der Waals surface area contributed by atoms with Crippen LogP contribution in [0.4, 0.5) is 0 Å². The Morgan fingerprint density at radius 2 is 1.89 bits per heavy atom. The number of benzene rings is 1. The maximum Gasteiger partial charge on any atom is 0.310 e. The van der Waals surface area contributed by atoms with Gasteiger partial charge in [0.25, 0.3) is 0 Å². The minimum atomic E-state index is -0.846. The molecular formula is C14H15ClN2O2. The van der Waals surface area contributed by atoms with Crippen LogP contribution in [0.15, 0.2) is 24.3 Å². The van der Waals surface area contributed by atoms with Gasteiger partial charge in [-0.05, 0) is 45.0 Å². The lowest BCUT2D eigenvalue weighted by Gasteiger charge is -2.08.